The van der Waals surface area contributed by atoms with Crippen LogP contribution in [0.15, 0.2) is 65.6 Å². The third-order valence-electron chi connectivity index (χ3n) is 4.83. The van der Waals surface area contributed by atoms with E-state index >= 15 is 0 Å². The third kappa shape index (κ3) is 2.92. The fourth-order valence-electron chi connectivity index (χ4n) is 3.38. The molecule has 28 heavy (non-hydrogen) atoms. The van der Waals surface area contributed by atoms with Crippen molar-refractivity contribution in [3.05, 3.63) is 94.0 Å². The molecule has 3 aromatic rings. The van der Waals surface area contributed by atoms with Crippen molar-refractivity contribution in [1.82, 2.24) is 0 Å². The van der Waals surface area contributed by atoms with Crippen molar-refractivity contribution < 1.29 is 18.0 Å². The molecule has 1 aliphatic carbocycles. The summed E-state index contributed by atoms with van der Waals surface area (Å²) in [7, 11) is -3.91. The van der Waals surface area contributed by atoms with Crippen molar-refractivity contribution in [3.63, 3.8) is 0 Å². The molecule has 0 fully saturated rings. The molecule has 0 saturated carbocycles. The first kappa shape index (κ1) is 18.1. The van der Waals surface area contributed by atoms with Gasteiger partial charge in [-0.3, -0.25) is 14.3 Å². The smallest absolute Gasteiger partial charge is 0.261 e. The Morgan fingerprint density at radius 2 is 1.32 bits per heavy atom. The molecule has 6 heteroatoms. The summed E-state index contributed by atoms with van der Waals surface area (Å²) in [6.07, 6.45) is 0. The van der Waals surface area contributed by atoms with Crippen LogP contribution in [-0.4, -0.2) is 20.0 Å². The summed E-state index contributed by atoms with van der Waals surface area (Å²) in [6, 6.07) is 16.0. The Labute approximate surface area is 163 Å². The van der Waals surface area contributed by atoms with Crippen LogP contribution in [0, 0.1) is 13.8 Å². The maximum Gasteiger partial charge on any atom is 0.261 e. The van der Waals surface area contributed by atoms with Gasteiger partial charge in [-0.05, 0) is 43.7 Å². The molecule has 5 nitrogen and oxygen atoms in total. The third-order valence-corrected chi connectivity index (χ3v) is 6.20. The molecule has 0 amide bonds. The highest BCUT2D eigenvalue weighted by molar-refractivity contribution is 7.92. The maximum atomic E-state index is 12.9. The first-order chi connectivity index (χ1) is 13.3. The standard InChI is InChI=1S/C22H17NO4S/c1-13-7-10-20(14(2)11-13)23-28(26,27)15-8-9-18-19(12-15)22(25)17-6-4-3-5-16(17)21(18)24/h3-12,23H,1-2H3. The lowest BCUT2D eigenvalue weighted by Gasteiger charge is -2.18. The topological polar surface area (TPSA) is 80.3 Å². The average Bonchev–Trinajstić information content (AvgIpc) is 2.68. The van der Waals surface area contributed by atoms with Gasteiger partial charge in [0.15, 0.2) is 11.6 Å². The lowest BCUT2D eigenvalue weighted by molar-refractivity contribution is 0.0979. The van der Waals surface area contributed by atoms with Crippen LogP contribution in [0.25, 0.3) is 0 Å². The molecule has 0 radical (unpaired) electrons. The molecule has 0 bridgehead atoms. The molecular formula is C22H17NO4S. The Balaban J connectivity index is 1.76. The van der Waals surface area contributed by atoms with E-state index in [0.29, 0.717) is 11.3 Å². The minimum absolute atomic E-state index is 0.0632. The van der Waals surface area contributed by atoms with Crippen LogP contribution in [0.3, 0.4) is 0 Å². The molecular weight excluding hydrogens is 374 g/mol. The SMILES string of the molecule is Cc1ccc(NS(=O)(=O)c2ccc3c(c2)C(=O)c2ccccc2C3=O)c(C)c1. The number of nitrogens with one attached hydrogen (secondary N) is 1. The number of benzene rings is 3. The van der Waals surface area contributed by atoms with E-state index in [4.69, 9.17) is 0 Å². The zero-order valence-corrected chi connectivity index (χ0v) is 16.1. The highest BCUT2D eigenvalue weighted by atomic mass is 32.2. The highest BCUT2D eigenvalue weighted by Gasteiger charge is 2.30. The Morgan fingerprint density at radius 3 is 1.96 bits per heavy atom. The molecule has 1 aliphatic rings. The van der Waals surface area contributed by atoms with Crippen molar-refractivity contribution in [3.8, 4) is 0 Å². The maximum absolute atomic E-state index is 12.9. The number of ketones is 2. The van der Waals surface area contributed by atoms with Crippen LogP contribution < -0.4 is 4.72 Å². The number of carbonyl (C=O) groups is 2. The number of fused-ring (bicyclic) bond motifs is 2. The largest absolute Gasteiger partial charge is 0.289 e. The van der Waals surface area contributed by atoms with Crippen LogP contribution in [0.5, 0.6) is 0 Å². The monoisotopic (exact) mass is 391 g/mol. The Hall–Kier alpha value is -3.25. The van der Waals surface area contributed by atoms with Crippen LogP contribution in [0.4, 0.5) is 5.69 Å². The molecule has 0 unspecified atom stereocenters. The molecule has 140 valence electrons. The van der Waals surface area contributed by atoms with Crippen molar-refractivity contribution >= 4 is 27.3 Å². The zero-order chi connectivity index (χ0) is 20.1. The van der Waals surface area contributed by atoms with Gasteiger partial charge in [0.2, 0.25) is 0 Å². The summed E-state index contributed by atoms with van der Waals surface area (Å²) in [6.45, 7) is 3.74. The molecule has 0 atom stereocenters. The van der Waals surface area contributed by atoms with Crippen LogP contribution >= 0.6 is 0 Å². The average molecular weight is 391 g/mol. The fourth-order valence-corrected chi connectivity index (χ4v) is 4.53. The number of anilines is 1. The van der Waals surface area contributed by atoms with Crippen molar-refractivity contribution in [1.29, 1.82) is 0 Å². The van der Waals surface area contributed by atoms with Gasteiger partial charge in [0.25, 0.3) is 10.0 Å². The van der Waals surface area contributed by atoms with E-state index in [1.807, 2.05) is 26.0 Å². The summed E-state index contributed by atoms with van der Waals surface area (Å²) < 4.78 is 28.3. The van der Waals surface area contributed by atoms with Gasteiger partial charge in [0, 0.05) is 22.3 Å². The normalized spacial score (nSPS) is 13.1. The van der Waals surface area contributed by atoms with E-state index in [1.54, 1.807) is 30.3 Å². The molecule has 1 N–H and O–H groups in total. The predicted octanol–water partition coefficient (Wildman–Crippen LogP) is 3.88. The van der Waals surface area contributed by atoms with Gasteiger partial charge >= 0.3 is 0 Å². The molecule has 3 aromatic carbocycles. The van der Waals surface area contributed by atoms with Gasteiger partial charge in [-0.15, -0.1) is 0 Å². The van der Waals surface area contributed by atoms with Crippen LogP contribution in [-0.2, 0) is 10.0 Å². The number of aryl methyl sites for hydroxylation is 2. The van der Waals surface area contributed by atoms with E-state index < -0.39 is 10.0 Å². The minimum Gasteiger partial charge on any atom is -0.289 e. The lowest BCUT2D eigenvalue weighted by atomic mass is 9.84. The van der Waals surface area contributed by atoms with E-state index in [2.05, 4.69) is 4.72 Å². The summed E-state index contributed by atoms with van der Waals surface area (Å²) in [5.74, 6) is -0.634. The number of hydrogen-bond acceptors (Lipinski definition) is 4. The van der Waals surface area contributed by atoms with E-state index in [1.165, 1.54) is 18.2 Å². The minimum atomic E-state index is -3.91. The Morgan fingerprint density at radius 1 is 0.714 bits per heavy atom. The zero-order valence-electron chi connectivity index (χ0n) is 15.3. The van der Waals surface area contributed by atoms with Crippen LogP contribution in [0.2, 0.25) is 0 Å². The number of sulfonamides is 1. The van der Waals surface area contributed by atoms with Crippen molar-refractivity contribution in [2.45, 2.75) is 18.7 Å². The second-order valence-corrected chi connectivity index (χ2v) is 8.52. The predicted molar refractivity (Wildman–Crippen MR) is 106 cm³/mol. The lowest BCUT2D eigenvalue weighted by Crippen LogP contribution is -2.22. The van der Waals surface area contributed by atoms with Gasteiger partial charge in [-0.1, -0.05) is 42.0 Å². The molecule has 0 aliphatic heterocycles. The fraction of sp³-hybridized carbons (Fsp3) is 0.0909. The van der Waals surface area contributed by atoms with Gasteiger partial charge < -0.3 is 0 Å². The van der Waals surface area contributed by atoms with Gasteiger partial charge in [-0.25, -0.2) is 8.42 Å². The second kappa shape index (κ2) is 6.42. The summed E-state index contributed by atoms with van der Waals surface area (Å²) in [4.78, 5) is 25.4. The van der Waals surface area contributed by atoms with Crippen molar-refractivity contribution in [2.75, 3.05) is 4.72 Å². The summed E-state index contributed by atoms with van der Waals surface area (Å²) >= 11 is 0. The van der Waals surface area contributed by atoms with E-state index in [0.717, 1.165) is 11.1 Å². The Bertz CT molecular complexity index is 1260. The molecule has 0 aromatic heterocycles. The summed E-state index contributed by atoms with van der Waals surface area (Å²) in [5, 5.41) is 0. The number of rotatable bonds is 3. The molecule has 0 heterocycles. The van der Waals surface area contributed by atoms with E-state index in [-0.39, 0.29) is 33.2 Å². The first-order valence-corrected chi connectivity index (χ1v) is 10.2. The molecule has 4 rings (SSSR count). The Kier molecular flexibility index (Phi) is 4.16. The van der Waals surface area contributed by atoms with Gasteiger partial charge in [-0.2, -0.15) is 0 Å². The first-order valence-electron chi connectivity index (χ1n) is 8.70. The highest BCUT2D eigenvalue weighted by Crippen LogP contribution is 2.29. The summed E-state index contributed by atoms with van der Waals surface area (Å²) in [5.41, 5.74) is 3.23. The number of carbonyl (C=O) groups excluding carboxylic acids is 2. The van der Waals surface area contributed by atoms with Gasteiger partial charge in [0.05, 0.1) is 10.6 Å². The van der Waals surface area contributed by atoms with E-state index in [9.17, 15) is 18.0 Å². The quantitative estimate of drug-likeness (QED) is 0.575. The molecule has 0 saturated heterocycles. The van der Waals surface area contributed by atoms with Crippen molar-refractivity contribution in [2.24, 2.45) is 0 Å². The number of hydrogen-bond donors (Lipinski definition) is 1. The molecule has 0 spiro atoms. The van der Waals surface area contributed by atoms with Crippen LogP contribution in [0.1, 0.15) is 43.0 Å². The van der Waals surface area contributed by atoms with Gasteiger partial charge in [0.1, 0.15) is 0 Å². The second-order valence-electron chi connectivity index (χ2n) is 6.84.